The molecule has 0 saturated carbocycles. The predicted molar refractivity (Wildman–Crippen MR) is 84.9 cm³/mol. The fourth-order valence-corrected chi connectivity index (χ4v) is 2.45. The summed E-state index contributed by atoms with van der Waals surface area (Å²) in [5.74, 6) is 1.02. The van der Waals surface area contributed by atoms with Gasteiger partial charge in [-0.1, -0.05) is 0 Å². The van der Waals surface area contributed by atoms with Gasteiger partial charge in [0.2, 0.25) is 11.8 Å². The number of nitrogens with one attached hydrogen (secondary N) is 1. The molecule has 0 unspecified atom stereocenters. The second-order valence-corrected chi connectivity index (χ2v) is 5.29. The summed E-state index contributed by atoms with van der Waals surface area (Å²) in [5.41, 5.74) is 0.968. The minimum atomic E-state index is 0.0771. The summed E-state index contributed by atoms with van der Waals surface area (Å²) < 4.78 is 5.10. The fourth-order valence-electron chi connectivity index (χ4n) is 2.45. The van der Waals surface area contributed by atoms with E-state index < -0.39 is 0 Å². The maximum atomic E-state index is 12.1. The molecule has 6 heteroatoms. The molecular weight excluding hydrogens is 282 g/mol. The zero-order chi connectivity index (χ0) is 15.9. The van der Waals surface area contributed by atoms with E-state index in [1.54, 1.807) is 18.9 Å². The lowest BCUT2D eigenvalue weighted by atomic mass is 10.2. The smallest absolute Gasteiger partial charge is 0.224 e. The molecule has 2 amide bonds. The number of carbonyl (C=O) groups is 2. The molecule has 2 rings (SSSR count). The minimum absolute atomic E-state index is 0.0771. The Bertz CT molecular complexity index is 508. The molecule has 0 spiro atoms. The lowest BCUT2D eigenvalue weighted by Gasteiger charge is -2.34. The Kier molecular flexibility index (Phi) is 5.63. The molecule has 0 bridgehead atoms. The van der Waals surface area contributed by atoms with E-state index in [0.29, 0.717) is 39.1 Å². The van der Waals surface area contributed by atoms with Crippen LogP contribution in [0.25, 0.3) is 0 Å². The van der Waals surface area contributed by atoms with Crippen molar-refractivity contribution in [1.82, 2.24) is 9.80 Å². The van der Waals surface area contributed by atoms with Gasteiger partial charge in [0.1, 0.15) is 5.75 Å². The van der Waals surface area contributed by atoms with Gasteiger partial charge >= 0.3 is 0 Å². The lowest BCUT2D eigenvalue weighted by molar-refractivity contribution is -0.138. The Hall–Kier alpha value is -2.24. The Morgan fingerprint density at radius 3 is 2.23 bits per heavy atom. The molecule has 1 heterocycles. The van der Waals surface area contributed by atoms with Crippen LogP contribution in [0.15, 0.2) is 24.3 Å². The van der Waals surface area contributed by atoms with Crippen molar-refractivity contribution in [2.24, 2.45) is 0 Å². The van der Waals surface area contributed by atoms with Gasteiger partial charge in [-0.15, -0.1) is 0 Å². The van der Waals surface area contributed by atoms with Crippen LogP contribution in [0.5, 0.6) is 5.75 Å². The highest BCUT2D eigenvalue weighted by molar-refractivity contribution is 5.78. The molecule has 1 aromatic rings. The second kappa shape index (κ2) is 7.68. The quantitative estimate of drug-likeness (QED) is 0.887. The number of hydrogen-bond donors (Lipinski definition) is 1. The molecular formula is C16H23N3O3. The van der Waals surface area contributed by atoms with E-state index in [0.717, 1.165) is 11.4 Å². The van der Waals surface area contributed by atoms with Crippen molar-refractivity contribution in [2.75, 3.05) is 45.2 Å². The van der Waals surface area contributed by atoms with Crippen LogP contribution in [0.1, 0.15) is 13.3 Å². The summed E-state index contributed by atoms with van der Waals surface area (Å²) in [5, 5.41) is 3.23. The molecule has 1 aliphatic rings. The van der Waals surface area contributed by atoms with Crippen LogP contribution in [-0.4, -0.2) is 61.4 Å². The van der Waals surface area contributed by atoms with Crippen molar-refractivity contribution < 1.29 is 14.3 Å². The lowest BCUT2D eigenvalue weighted by Crippen LogP contribution is -2.50. The first-order chi connectivity index (χ1) is 10.6. The molecule has 0 radical (unpaired) electrons. The molecule has 1 aliphatic heterocycles. The van der Waals surface area contributed by atoms with Crippen molar-refractivity contribution in [1.29, 1.82) is 0 Å². The fraction of sp³-hybridized carbons (Fsp3) is 0.500. The van der Waals surface area contributed by atoms with Gasteiger partial charge in [0, 0.05) is 51.8 Å². The number of anilines is 1. The number of rotatable bonds is 5. The van der Waals surface area contributed by atoms with Crippen LogP contribution in [0.2, 0.25) is 0 Å². The Morgan fingerprint density at radius 1 is 1.09 bits per heavy atom. The third kappa shape index (κ3) is 4.38. The van der Waals surface area contributed by atoms with E-state index in [4.69, 9.17) is 4.74 Å². The SMILES string of the molecule is COc1ccc(NCCC(=O)N2CCN(C(C)=O)CC2)cc1. The first-order valence-corrected chi connectivity index (χ1v) is 7.51. The summed E-state index contributed by atoms with van der Waals surface area (Å²) in [4.78, 5) is 27.0. The molecule has 1 saturated heterocycles. The molecule has 1 aromatic carbocycles. The number of carbonyl (C=O) groups excluding carboxylic acids is 2. The highest BCUT2D eigenvalue weighted by atomic mass is 16.5. The number of benzene rings is 1. The van der Waals surface area contributed by atoms with Crippen molar-refractivity contribution >= 4 is 17.5 Å². The molecule has 22 heavy (non-hydrogen) atoms. The topological polar surface area (TPSA) is 61.9 Å². The van der Waals surface area contributed by atoms with Gasteiger partial charge in [-0.05, 0) is 24.3 Å². The van der Waals surface area contributed by atoms with Gasteiger partial charge in [-0.25, -0.2) is 0 Å². The van der Waals surface area contributed by atoms with Gasteiger partial charge < -0.3 is 19.9 Å². The minimum Gasteiger partial charge on any atom is -0.497 e. The highest BCUT2D eigenvalue weighted by Crippen LogP contribution is 2.15. The summed E-state index contributed by atoms with van der Waals surface area (Å²) in [6, 6.07) is 7.61. The second-order valence-electron chi connectivity index (χ2n) is 5.29. The van der Waals surface area contributed by atoms with E-state index >= 15 is 0 Å². The van der Waals surface area contributed by atoms with Crippen LogP contribution < -0.4 is 10.1 Å². The zero-order valence-corrected chi connectivity index (χ0v) is 13.2. The molecule has 1 fully saturated rings. The van der Waals surface area contributed by atoms with Crippen molar-refractivity contribution in [3.63, 3.8) is 0 Å². The zero-order valence-electron chi connectivity index (χ0n) is 13.2. The average Bonchev–Trinajstić information content (AvgIpc) is 2.55. The van der Waals surface area contributed by atoms with Gasteiger partial charge in [0.05, 0.1) is 7.11 Å². The number of ether oxygens (including phenoxy) is 1. The van der Waals surface area contributed by atoms with E-state index in [2.05, 4.69) is 5.32 Å². The Balaban J connectivity index is 1.70. The van der Waals surface area contributed by atoms with Crippen LogP contribution in [0.3, 0.4) is 0 Å². The van der Waals surface area contributed by atoms with Gasteiger partial charge in [-0.2, -0.15) is 0 Å². The van der Waals surface area contributed by atoms with E-state index in [9.17, 15) is 9.59 Å². The van der Waals surface area contributed by atoms with Crippen LogP contribution in [-0.2, 0) is 9.59 Å². The molecule has 120 valence electrons. The van der Waals surface area contributed by atoms with Crippen molar-refractivity contribution in [3.05, 3.63) is 24.3 Å². The molecule has 6 nitrogen and oxygen atoms in total. The first-order valence-electron chi connectivity index (χ1n) is 7.51. The number of methoxy groups -OCH3 is 1. The van der Waals surface area contributed by atoms with Crippen LogP contribution in [0, 0.1) is 0 Å². The average molecular weight is 305 g/mol. The van der Waals surface area contributed by atoms with Gasteiger partial charge in [0.15, 0.2) is 0 Å². The summed E-state index contributed by atoms with van der Waals surface area (Å²) in [6.07, 6.45) is 0.450. The monoisotopic (exact) mass is 305 g/mol. The molecule has 0 aliphatic carbocycles. The maximum absolute atomic E-state index is 12.1. The van der Waals surface area contributed by atoms with E-state index in [1.165, 1.54) is 0 Å². The third-order valence-corrected chi connectivity index (χ3v) is 3.84. The Labute approximate surface area is 131 Å². The van der Waals surface area contributed by atoms with E-state index in [1.807, 2.05) is 29.2 Å². The first kappa shape index (κ1) is 16.1. The molecule has 0 aromatic heterocycles. The van der Waals surface area contributed by atoms with Crippen molar-refractivity contribution in [3.8, 4) is 5.75 Å². The third-order valence-electron chi connectivity index (χ3n) is 3.84. The summed E-state index contributed by atoms with van der Waals surface area (Å²) in [6.45, 7) is 4.68. The molecule has 0 atom stereocenters. The maximum Gasteiger partial charge on any atom is 0.224 e. The van der Waals surface area contributed by atoms with Gasteiger partial charge in [0.25, 0.3) is 0 Å². The summed E-state index contributed by atoms with van der Waals surface area (Å²) in [7, 11) is 1.63. The summed E-state index contributed by atoms with van der Waals surface area (Å²) >= 11 is 0. The largest absolute Gasteiger partial charge is 0.497 e. The normalized spacial score (nSPS) is 14.6. The number of amides is 2. The number of hydrogen-bond acceptors (Lipinski definition) is 4. The van der Waals surface area contributed by atoms with Crippen LogP contribution in [0.4, 0.5) is 5.69 Å². The number of nitrogens with zero attached hydrogens (tertiary/aromatic N) is 2. The number of piperazine rings is 1. The highest BCUT2D eigenvalue weighted by Gasteiger charge is 2.21. The van der Waals surface area contributed by atoms with E-state index in [-0.39, 0.29) is 11.8 Å². The Morgan fingerprint density at radius 2 is 1.68 bits per heavy atom. The van der Waals surface area contributed by atoms with Crippen LogP contribution >= 0.6 is 0 Å². The van der Waals surface area contributed by atoms with Gasteiger partial charge in [-0.3, -0.25) is 9.59 Å². The molecule has 1 N–H and O–H groups in total. The predicted octanol–water partition coefficient (Wildman–Crippen LogP) is 1.19. The standard InChI is InChI=1S/C16H23N3O3/c1-13(20)18-9-11-19(12-10-18)16(21)7-8-17-14-3-5-15(22-2)6-4-14/h3-6,17H,7-12H2,1-2H3. The van der Waals surface area contributed by atoms with Crippen molar-refractivity contribution in [2.45, 2.75) is 13.3 Å².